The summed E-state index contributed by atoms with van der Waals surface area (Å²) in [5.74, 6) is 0.787. The molecule has 2 aromatic carbocycles. The fraction of sp³-hybridized carbons (Fsp3) is 0.222. The molecule has 104 valence electrons. The summed E-state index contributed by atoms with van der Waals surface area (Å²) in [6, 6.07) is 16.0. The lowest BCUT2D eigenvalue weighted by Gasteiger charge is -2.19. The van der Waals surface area contributed by atoms with Crippen LogP contribution < -0.4 is 4.74 Å². The van der Waals surface area contributed by atoms with Gasteiger partial charge in [-0.3, -0.25) is 0 Å². The molecule has 0 amide bonds. The van der Waals surface area contributed by atoms with Crippen molar-refractivity contribution >= 4 is 6.08 Å². The van der Waals surface area contributed by atoms with E-state index in [1.165, 1.54) is 5.56 Å². The maximum atomic E-state index is 5.92. The zero-order valence-electron chi connectivity index (χ0n) is 12.0. The van der Waals surface area contributed by atoms with E-state index in [4.69, 9.17) is 9.47 Å². The van der Waals surface area contributed by atoms with Crippen LogP contribution in [0.3, 0.4) is 0 Å². The van der Waals surface area contributed by atoms with Gasteiger partial charge in [-0.25, -0.2) is 0 Å². The van der Waals surface area contributed by atoms with Crippen molar-refractivity contribution in [2.75, 3.05) is 6.61 Å². The van der Waals surface area contributed by atoms with E-state index in [0.717, 1.165) is 16.9 Å². The number of benzene rings is 2. The fourth-order valence-electron chi connectivity index (χ4n) is 1.88. The summed E-state index contributed by atoms with van der Waals surface area (Å²) in [6.07, 6.45) is 1.43. The Morgan fingerprint density at radius 3 is 2.25 bits per heavy atom. The largest absolute Gasteiger partial charge is 0.461 e. The molecule has 0 radical (unpaired) electrons. The molecule has 20 heavy (non-hydrogen) atoms. The van der Waals surface area contributed by atoms with Gasteiger partial charge in [0.25, 0.3) is 0 Å². The lowest BCUT2D eigenvalue weighted by atomic mass is 10.1. The highest BCUT2D eigenvalue weighted by Gasteiger charge is 2.13. The second-order valence-corrected chi connectivity index (χ2v) is 4.59. The van der Waals surface area contributed by atoms with Gasteiger partial charge in [-0.1, -0.05) is 54.6 Å². The van der Waals surface area contributed by atoms with Crippen molar-refractivity contribution in [1.82, 2.24) is 0 Å². The van der Waals surface area contributed by atoms with Crippen LogP contribution in [-0.2, 0) is 4.74 Å². The Kier molecular flexibility index (Phi) is 4.97. The van der Waals surface area contributed by atoms with E-state index < -0.39 is 0 Å². The Hall–Kier alpha value is -2.06. The molecule has 2 rings (SSSR count). The summed E-state index contributed by atoms with van der Waals surface area (Å²) in [5.41, 5.74) is 3.31. The molecule has 0 aromatic heterocycles. The molecule has 0 heterocycles. The Morgan fingerprint density at radius 1 is 1.05 bits per heavy atom. The van der Waals surface area contributed by atoms with Crippen molar-refractivity contribution < 1.29 is 9.47 Å². The van der Waals surface area contributed by atoms with E-state index in [2.05, 4.69) is 25.6 Å². The summed E-state index contributed by atoms with van der Waals surface area (Å²) in [5, 5.41) is 0. The Balaban J connectivity index is 2.15. The van der Waals surface area contributed by atoms with E-state index in [0.29, 0.717) is 6.61 Å². The molecule has 2 aromatic rings. The molecule has 2 heteroatoms. The smallest absolute Gasteiger partial charge is 0.226 e. The quantitative estimate of drug-likeness (QED) is 0.704. The maximum absolute atomic E-state index is 5.92. The maximum Gasteiger partial charge on any atom is 0.226 e. The van der Waals surface area contributed by atoms with Crippen molar-refractivity contribution in [2.24, 2.45) is 0 Å². The SMILES string of the molecule is C=Cc1ccc(OC(OCC)c2ccc(C)cc2)cc1. The topological polar surface area (TPSA) is 18.5 Å². The lowest BCUT2D eigenvalue weighted by Crippen LogP contribution is -2.11. The van der Waals surface area contributed by atoms with Gasteiger partial charge >= 0.3 is 0 Å². The zero-order valence-corrected chi connectivity index (χ0v) is 12.0. The predicted molar refractivity (Wildman–Crippen MR) is 82.7 cm³/mol. The number of ether oxygens (including phenoxy) is 2. The highest BCUT2D eigenvalue weighted by Crippen LogP contribution is 2.24. The first kappa shape index (κ1) is 14.4. The number of rotatable bonds is 6. The summed E-state index contributed by atoms with van der Waals surface area (Å²) >= 11 is 0. The van der Waals surface area contributed by atoms with Crippen molar-refractivity contribution in [3.8, 4) is 5.75 Å². The molecule has 0 fully saturated rings. The van der Waals surface area contributed by atoms with Crippen LogP contribution in [0.4, 0.5) is 0 Å². The molecule has 1 atom stereocenters. The summed E-state index contributed by atoms with van der Waals surface area (Å²) in [7, 11) is 0. The third-order valence-electron chi connectivity index (χ3n) is 3.03. The van der Waals surface area contributed by atoms with Crippen molar-refractivity contribution in [2.45, 2.75) is 20.1 Å². The monoisotopic (exact) mass is 268 g/mol. The minimum absolute atomic E-state index is 0.379. The van der Waals surface area contributed by atoms with Crippen molar-refractivity contribution in [1.29, 1.82) is 0 Å². The number of aryl methyl sites for hydroxylation is 1. The molecule has 0 aliphatic heterocycles. The molecule has 0 bridgehead atoms. The van der Waals surface area contributed by atoms with Gasteiger partial charge in [-0.15, -0.1) is 0 Å². The van der Waals surface area contributed by atoms with Gasteiger partial charge in [0.05, 0.1) is 0 Å². The van der Waals surface area contributed by atoms with Gasteiger partial charge in [0.15, 0.2) is 0 Å². The highest BCUT2D eigenvalue weighted by atomic mass is 16.7. The fourth-order valence-corrected chi connectivity index (χ4v) is 1.88. The van der Waals surface area contributed by atoms with Crippen LogP contribution in [0.1, 0.15) is 29.9 Å². The average Bonchev–Trinajstić information content (AvgIpc) is 2.48. The minimum Gasteiger partial charge on any atom is -0.461 e. The minimum atomic E-state index is -0.379. The number of hydrogen-bond acceptors (Lipinski definition) is 2. The molecule has 0 saturated carbocycles. The van der Waals surface area contributed by atoms with Crippen molar-refractivity contribution in [3.05, 3.63) is 71.8 Å². The molecule has 2 nitrogen and oxygen atoms in total. The molecule has 0 spiro atoms. The Bertz CT molecular complexity index is 541. The molecule has 1 unspecified atom stereocenters. The van der Waals surface area contributed by atoms with Crippen LogP contribution in [-0.4, -0.2) is 6.61 Å². The first-order valence-corrected chi connectivity index (χ1v) is 6.80. The summed E-state index contributed by atoms with van der Waals surface area (Å²) < 4.78 is 11.6. The third kappa shape index (κ3) is 3.72. The van der Waals surface area contributed by atoms with Crippen LogP contribution in [0.25, 0.3) is 6.08 Å². The van der Waals surface area contributed by atoms with Crippen LogP contribution in [0.5, 0.6) is 5.75 Å². The van der Waals surface area contributed by atoms with Crippen LogP contribution in [0.2, 0.25) is 0 Å². The predicted octanol–water partition coefficient (Wildman–Crippen LogP) is 4.75. The molecule has 0 aliphatic carbocycles. The average molecular weight is 268 g/mol. The Morgan fingerprint density at radius 2 is 1.70 bits per heavy atom. The first-order chi connectivity index (χ1) is 9.72. The van der Waals surface area contributed by atoms with E-state index in [-0.39, 0.29) is 6.29 Å². The van der Waals surface area contributed by atoms with E-state index >= 15 is 0 Å². The first-order valence-electron chi connectivity index (χ1n) is 6.80. The summed E-state index contributed by atoms with van der Waals surface area (Å²) in [6.45, 7) is 8.37. The van der Waals surface area contributed by atoms with Gasteiger partial charge < -0.3 is 9.47 Å². The Labute approximate surface area is 120 Å². The van der Waals surface area contributed by atoms with E-state index in [1.807, 2.05) is 49.4 Å². The van der Waals surface area contributed by atoms with Gasteiger partial charge in [-0.2, -0.15) is 0 Å². The highest BCUT2D eigenvalue weighted by molar-refractivity contribution is 5.48. The normalized spacial score (nSPS) is 11.9. The van der Waals surface area contributed by atoms with Gasteiger partial charge in [0.1, 0.15) is 5.75 Å². The van der Waals surface area contributed by atoms with Gasteiger partial charge in [0, 0.05) is 12.2 Å². The third-order valence-corrected chi connectivity index (χ3v) is 3.03. The molecular formula is C18H20O2. The van der Waals surface area contributed by atoms with Crippen molar-refractivity contribution in [3.63, 3.8) is 0 Å². The molecule has 0 N–H and O–H groups in total. The number of hydrogen-bond donors (Lipinski definition) is 0. The second kappa shape index (κ2) is 6.92. The zero-order chi connectivity index (χ0) is 14.4. The van der Waals surface area contributed by atoms with Crippen LogP contribution in [0, 0.1) is 6.92 Å². The van der Waals surface area contributed by atoms with E-state index in [9.17, 15) is 0 Å². The summed E-state index contributed by atoms with van der Waals surface area (Å²) in [4.78, 5) is 0. The molecule has 0 saturated heterocycles. The van der Waals surface area contributed by atoms with Crippen LogP contribution in [0.15, 0.2) is 55.1 Å². The standard InChI is InChI=1S/C18H20O2/c1-4-15-8-12-17(13-9-15)20-18(19-5-2)16-10-6-14(3)7-11-16/h4,6-13,18H,1,5H2,2-3H3. The second-order valence-electron chi connectivity index (χ2n) is 4.59. The molecule has 0 aliphatic rings. The van der Waals surface area contributed by atoms with E-state index in [1.54, 1.807) is 0 Å². The molecular weight excluding hydrogens is 248 g/mol. The van der Waals surface area contributed by atoms with Gasteiger partial charge in [-0.05, 0) is 31.5 Å². The van der Waals surface area contributed by atoms with Gasteiger partial charge in [0.2, 0.25) is 6.29 Å². The van der Waals surface area contributed by atoms with Crippen LogP contribution >= 0.6 is 0 Å². The lowest BCUT2D eigenvalue weighted by molar-refractivity contribution is -0.0786.